The first-order chi connectivity index (χ1) is 11.5. The standard InChI is InChI=1S/C17H22N4O4/c1-10-16(21(24)25)11(2)20(19-10)9-15(23)18-13-8-12(17(3,4)5)6-7-14(13)22/h6-8,22H,9H2,1-5H3,(H,18,23). The van der Waals surface area contributed by atoms with Gasteiger partial charge in [-0.15, -0.1) is 0 Å². The van der Waals surface area contributed by atoms with Gasteiger partial charge in [0.1, 0.15) is 23.7 Å². The molecule has 0 spiro atoms. The van der Waals surface area contributed by atoms with Crippen LogP contribution in [0.2, 0.25) is 0 Å². The van der Waals surface area contributed by atoms with Crippen LogP contribution >= 0.6 is 0 Å². The van der Waals surface area contributed by atoms with E-state index in [9.17, 15) is 20.0 Å². The Balaban J connectivity index is 2.22. The number of phenols is 1. The van der Waals surface area contributed by atoms with Gasteiger partial charge in [-0.05, 0) is 37.0 Å². The fourth-order valence-corrected chi connectivity index (χ4v) is 2.53. The highest BCUT2D eigenvalue weighted by molar-refractivity contribution is 5.92. The molecule has 0 aliphatic heterocycles. The molecule has 1 aromatic carbocycles. The van der Waals surface area contributed by atoms with Gasteiger partial charge in [0.2, 0.25) is 5.91 Å². The van der Waals surface area contributed by atoms with Crippen LogP contribution in [-0.2, 0) is 16.8 Å². The van der Waals surface area contributed by atoms with Gasteiger partial charge in [-0.25, -0.2) is 0 Å². The number of aromatic hydroxyl groups is 1. The Kier molecular flexibility index (Phi) is 4.82. The number of aryl methyl sites for hydroxylation is 1. The Morgan fingerprint density at radius 2 is 2.00 bits per heavy atom. The molecule has 0 saturated carbocycles. The van der Waals surface area contributed by atoms with Crippen LogP contribution in [0.5, 0.6) is 5.75 Å². The number of carbonyl (C=O) groups excluding carboxylic acids is 1. The van der Waals surface area contributed by atoms with E-state index in [0.717, 1.165) is 5.56 Å². The molecule has 0 radical (unpaired) electrons. The molecule has 0 bridgehead atoms. The summed E-state index contributed by atoms with van der Waals surface area (Å²) in [5, 5.41) is 27.7. The third-order valence-electron chi connectivity index (χ3n) is 3.96. The molecule has 1 aromatic heterocycles. The van der Waals surface area contributed by atoms with Crippen molar-refractivity contribution in [2.45, 2.75) is 46.6 Å². The van der Waals surface area contributed by atoms with Gasteiger partial charge >= 0.3 is 5.69 Å². The normalized spacial score (nSPS) is 11.4. The Hall–Kier alpha value is -2.90. The quantitative estimate of drug-likeness (QED) is 0.502. The third kappa shape index (κ3) is 3.96. The zero-order chi connectivity index (χ0) is 18.9. The van der Waals surface area contributed by atoms with E-state index in [-0.39, 0.29) is 29.1 Å². The zero-order valence-corrected chi connectivity index (χ0v) is 15.0. The van der Waals surface area contributed by atoms with Gasteiger partial charge in [0.15, 0.2) is 0 Å². The summed E-state index contributed by atoms with van der Waals surface area (Å²) >= 11 is 0. The van der Waals surface area contributed by atoms with Crippen molar-refractivity contribution >= 4 is 17.3 Å². The van der Waals surface area contributed by atoms with E-state index in [1.165, 1.54) is 17.7 Å². The Labute approximate surface area is 145 Å². The molecule has 8 nitrogen and oxygen atoms in total. The van der Waals surface area contributed by atoms with E-state index in [1.54, 1.807) is 19.1 Å². The topological polar surface area (TPSA) is 110 Å². The van der Waals surface area contributed by atoms with E-state index >= 15 is 0 Å². The second-order valence-electron chi connectivity index (χ2n) is 6.96. The molecule has 25 heavy (non-hydrogen) atoms. The molecule has 1 heterocycles. The van der Waals surface area contributed by atoms with Crippen molar-refractivity contribution in [2.24, 2.45) is 0 Å². The molecular formula is C17H22N4O4. The molecule has 0 saturated heterocycles. The first-order valence-electron chi connectivity index (χ1n) is 7.82. The molecule has 2 N–H and O–H groups in total. The SMILES string of the molecule is Cc1nn(CC(=O)Nc2cc(C(C)(C)C)ccc2O)c(C)c1[N+](=O)[O-]. The number of anilines is 1. The Morgan fingerprint density at radius 1 is 1.36 bits per heavy atom. The second kappa shape index (κ2) is 6.54. The molecule has 8 heteroatoms. The monoisotopic (exact) mass is 346 g/mol. The van der Waals surface area contributed by atoms with Crippen LogP contribution in [-0.4, -0.2) is 25.7 Å². The average Bonchev–Trinajstić information content (AvgIpc) is 2.74. The molecule has 2 aromatic rings. The summed E-state index contributed by atoms with van der Waals surface area (Å²) in [7, 11) is 0. The van der Waals surface area contributed by atoms with Gasteiger partial charge in [-0.2, -0.15) is 5.10 Å². The number of nitrogens with one attached hydrogen (secondary N) is 1. The number of hydrogen-bond donors (Lipinski definition) is 2. The number of nitrogens with zero attached hydrogens (tertiary/aromatic N) is 3. The molecule has 0 unspecified atom stereocenters. The number of rotatable bonds is 4. The number of nitro groups is 1. The highest BCUT2D eigenvalue weighted by Gasteiger charge is 2.23. The van der Waals surface area contributed by atoms with Crippen molar-refractivity contribution in [1.29, 1.82) is 0 Å². The highest BCUT2D eigenvalue weighted by Crippen LogP contribution is 2.30. The summed E-state index contributed by atoms with van der Waals surface area (Å²) in [6.07, 6.45) is 0. The Morgan fingerprint density at radius 3 is 2.52 bits per heavy atom. The smallest absolute Gasteiger partial charge is 0.312 e. The summed E-state index contributed by atoms with van der Waals surface area (Å²) < 4.78 is 1.29. The number of benzene rings is 1. The van der Waals surface area contributed by atoms with Crippen LogP contribution in [0, 0.1) is 24.0 Å². The van der Waals surface area contributed by atoms with Crippen LogP contribution < -0.4 is 5.32 Å². The van der Waals surface area contributed by atoms with Crippen LogP contribution in [0.3, 0.4) is 0 Å². The van der Waals surface area contributed by atoms with Crippen molar-refractivity contribution in [3.8, 4) is 5.75 Å². The van der Waals surface area contributed by atoms with E-state index in [4.69, 9.17) is 0 Å². The molecule has 134 valence electrons. The summed E-state index contributed by atoms with van der Waals surface area (Å²) in [4.78, 5) is 22.8. The molecule has 0 aliphatic carbocycles. The number of amides is 1. The van der Waals surface area contributed by atoms with Gasteiger partial charge in [0, 0.05) is 0 Å². The highest BCUT2D eigenvalue weighted by atomic mass is 16.6. The lowest BCUT2D eigenvalue weighted by molar-refractivity contribution is -0.386. The van der Waals surface area contributed by atoms with E-state index in [1.807, 2.05) is 20.8 Å². The van der Waals surface area contributed by atoms with Gasteiger partial charge in [-0.1, -0.05) is 26.8 Å². The van der Waals surface area contributed by atoms with E-state index in [0.29, 0.717) is 11.4 Å². The zero-order valence-electron chi connectivity index (χ0n) is 15.0. The lowest BCUT2D eigenvalue weighted by atomic mass is 9.87. The Bertz CT molecular complexity index is 834. The van der Waals surface area contributed by atoms with Crippen molar-refractivity contribution in [3.63, 3.8) is 0 Å². The average molecular weight is 346 g/mol. The predicted octanol–water partition coefficient (Wildman–Crippen LogP) is 3.05. The maximum absolute atomic E-state index is 12.3. The predicted molar refractivity (Wildman–Crippen MR) is 93.8 cm³/mol. The molecule has 2 rings (SSSR count). The first-order valence-corrected chi connectivity index (χ1v) is 7.82. The summed E-state index contributed by atoms with van der Waals surface area (Å²) in [6, 6.07) is 5.05. The maximum atomic E-state index is 12.3. The summed E-state index contributed by atoms with van der Waals surface area (Å²) in [5.41, 5.74) is 1.60. The fourth-order valence-electron chi connectivity index (χ4n) is 2.53. The third-order valence-corrected chi connectivity index (χ3v) is 3.96. The van der Waals surface area contributed by atoms with Gasteiger partial charge in [-0.3, -0.25) is 19.6 Å². The van der Waals surface area contributed by atoms with Gasteiger partial charge in [0.25, 0.3) is 0 Å². The van der Waals surface area contributed by atoms with Crippen molar-refractivity contribution in [2.75, 3.05) is 5.32 Å². The fraction of sp³-hybridized carbons (Fsp3) is 0.412. The van der Waals surface area contributed by atoms with Gasteiger partial charge in [0.05, 0.1) is 10.6 Å². The van der Waals surface area contributed by atoms with Crippen LogP contribution in [0.1, 0.15) is 37.7 Å². The van der Waals surface area contributed by atoms with Crippen molar-refractivity contribution in [3.05, 3.63) is 45.3 Å². The minimum atomic E-state index is -0.509. The van der Waals surface area contributed by atoms with E-state index in [2.05, 4.69) is 10.4 Å². The number of aromatic nitrogens is 2. The first kappa shape index (κ1) is 18.4. The maximum Gasteiger partial charge on any atom is 0.312 e. The molecular weight excluding hydrogens is 324 g/mol. The summed E-state index contributed by atoms with van der Waals surface area (Å²) in [6.45, 7) is 8.97. The van der Waals surface area contributed by atoms with Crippen LogP contribution in [0.4, 0.5) is 11.4 Å². The number of carbonyl (C=O) groups is 1. The molecule has 1 amide bonds. The van der Waals surface area contributed by atoms with Crippen LogP contribution in [0.25, 0.3) is 0 Å². The minimum absolute atomic E-state index is 0.0410. The molecule has 0 fully saturated rings. The molecule has 0 aliphatic rings. The minimum Gasteiger partial charge on any atom is -0.506 e. The number of hydrogen-bond acceptors (Lipinski definition) is 5. The number of phenolic OH excluding ortho intramolecular Hbond substituents is 1. The van der Waals surface area contributed by atoms with E-state index < -0.39 is 10.8 Å². The lowest BCUT2D eigenvalue weighted by Gasteiger charge is -2.20. The summed E-state index contributed by atoms with van der Waals surface area (Å²) in [5.74, 6) is -0.470. The molecule has 0 atom stereocenters. The van der Waals surface area contributed by atoms with Crippen molar-refractivity contribution in [1.82, 2.24) is 9.78 Å². The lowest BCUT2D eigenvalue weighted by Crippen LogP contribution is -2.21. The van der Waals surface area contributed by atoms with Crippen molar-refractivity contribution < 1.29 is 14.8 Å². The van der Waals surface area contributed by atoms with Crippen LogP contribution in [0.15, 0.2) is 18.2 Å². The largest absolute Gasteiger partial charge is 0.506 e. The second-order valence-corrected chi connectivity index (χ2v) is 6.96. The van der Waals surface area contributed by atoms with Gasteiger partial charge < -0.3 is 10.4 Å².